The van der Waals surface area contributed by atoms with E-state index in [1.807, 2.05) is 6.08 Å². The Kier molecular flexibility index (Phi) is 8.40. The average Bonchev–Trinajstić information content (AvgIpc) is 3.15. The summed E-state index contributed by atoms with van der Waals surface area (Å²) in [6.45, 7) is 8.51. The maximum atomic E-state index is 12.3. The SMILES string of the molecule is C=C1C(=CC=C2CCC[C@@]3(C)C2CC[C@@H]3[C@H](C)C=CC(=O)P(=O)(OC)OC)C[C@@H](O)C[C@@H]1O. The van der Waals surface area contributed by atoms with Crippen LogP contribution in [0.4, 0.5) is 0 Å². The van der Waals surface area contributed by atoms with Crippen LogP contribution in [0.25, 0.3) is 0 Å². The van der Waals surface area contributed by atoms with Gasteiger partial charge in [-0.05, 0) is 78.9 Å². The molecule has 0 heterocycles. The predicted octanol–water partition coefficient (Wildman–Crippen LogP) is 5.33. The fourth-order valence-corrected chi connectivity index (χ4v) is 7.10. The molecule has 3 aliphatic rings. The molecule has 0 amide bonds. The van der Waals surface area contributed by atoms with Crippen LogP contribution in [0.5, 0.6) is 0 Å². The lowest BCUT2D eigenvalue weighted by atomic mass is 9.61. The molecule has 0 bridgehead atoms. The van der Waals surface area contributed by atoms with Crippen LogP contribution in [0.3, 0.4) is 0 Å². The molecule has 0 aromatic heterocycles. The molecule has 3 rings (SSSR count). The zero-order valence-corrected chi connectivity index (χ0v) is 21.2. The Morgan fingerprint density at radius 3 is 2.61 bits per heavy atom. The van der Waals surface area contributed by atoms with Crippen LogP contribution in [0.1, 0.15) is 58.8 Å². The summed E-state index contributed by atoms with van der Waals surface area (Å²) in [7, 11) is -1.30. The smallest absolute Gasteiger partial charge is 0.393 e. The topological polar surface area (TPSA) is 93.1 Å². The summed E-state index contributed by atoms with van der Waals surface area (Å²) in [6.07, 6.45) is 12.7. The highest BCUT2D eigenvalue weighted by Gasteiger charge is 2.50. The zero-order valence-electron chi connectivity index (χ0n) is 20.3. The first kappa shape index (κ1) is 26.3. The molecule has 33 heavy (non-hydrogen) atoms. The van der Waals surface area contributed by atoms with Crippen molar-refractivity contribution >= 4 is 13.1 Å². The van der Waals surface area contributed by atoms with Gasteiger partial charge in [0.25, 0.3) is 5.52 Å². The molecule has 6 nitrogen and oxygen atoms in total. The number of rotatable bonds is 7. The highest BCUT2D eigenvalue weighted by Crippen LogP contribution is 2.59. The minimum Gasteiger partial charge on any atom is -0.393 e. The van der Waals surface area contributed by atoms with Gasteiger partial charge in [0.05, 0.1) is 12.2 Å². The maximum absolute atomic E-state index is 12.3. The van der Waals surface area contributed by atoms with Crippen LogP contribution in [0, 0.1) is 23.2 Å². The number of allylic oxidation sites excluding steroid dienone is 5. The van der Waals surface area contributed by atoms with E-state index in [2.05, 4.69) is 32.6 Å². The van der Waals surface area contributed by atoms with E-state index in [0.29, 0.717) is 30.3 Å². The van der Waals surface area contributed by atoms with Crippen molar-refractivity contribution in [2.45, 2.75) is 71.0 Å². The number of carbonyl (C=O) groups excluding carboxylic acids is 1. The second-order valence-corrected chi connectivity index (χ2v) is 12.2. The Morgan fingerprint density at radius 2 is 1.94 bits per heavy atom. The molecule has 7 heteroatoms. The third kappa shape index (κ3) is 5.36. The van der Waals surface area contributed by atoms with Crippen LogP contribution >= 0.6 is 7.60 Å². The summed E-state index contributed by atoms with van der Waals surface area (Å²) >= 11 is 0. The Balaban J connectivity index is 1.76. The minimum atomic E-state index is -3.74. The van der Waals surface area contributed by atoms with Gasteiger partial charge in [-0.2, -0.15) is 0 Å². The number of hydrogen-bond acceptors (Lipinski definition) is 6. The van der Waals surface area contributed by atoms with Gasteiger partial charge in [-0.3, -0.25) is 9.36 Å². The normalized spacial score (nSPS) is 36.5. The van der Waals surface area contributed by atoms with Crippen molar-refractivity contribution in [3.63, 3.8) is 0 Å². The van der Waals surface area contributed by atoms with Crippen molar-refractivity contribution in [2.24, 2.45) is 23.2 Å². The van der Waals surface area contributed by atoms with Gasteiger partial charge in [0.15, 0.2) is 0 Å². The summed E-state index contributed by atoms with van der Waals surface area (Å²) in [5.41, 5.74) is 2.59. The largest absolute Gasteiger partial charge is 0.400 e. The number of carbonyl (C=O) groups is 1. The van der Waals surface area contributed by atoms with E-state index in [0.717, 1.165) is 37.7 Å². The van der Waals surface area contributed by atoms with Crippen LogP contribution in [0.2, 0.25) is 0 Å². The molecule has 3 fully saturated rings. The van der Waals surface area contributed by atoms with Gasteiger partial charge in [-0.25, -0.2) is 0 Å². The van der Waals surface area contributed by atoms with Crippen molar-refractivity contribution in [1.82, 2.24) is 0 Å². The van der Waals surface area contributed by atoms with Crippen LogP contribution in [0.15, 0.2) is 47.6 Å². The quantitative estimate of drug-likeness (QED) is 0.379. The van der Waals surface area contributed by atoms with E-state index in [9.17, 15) is 19.6 Å². The Bertz CT molecular complexity index is 894. The monoisotopic (exact) mass is 478 g/mol. The van der Waals surface area contributed by atoms with Crippen LogP contribution in [-0.4, -0.2) is 42.2 Å². The molecule has 1 unspecified atom stereocenters. The van der Waals surface area contributed by atoms with E-state index >= 15 is 0 Å². The lowest BCUT2D eigenvalue weighted by Gasteiger charge is -2.44. The molecule has 0 aliphatic heterocycles. The molecular formula is C26H39O6P. The summed E-state index contributed by atoms with van der Waals surface area (Å²) in [4.78, 5) is 12.3. The molecule has 184 valence electrons. The average molecular weight is 479 g/mol. The van der Waals surface area contributed by atoms with Crippen molar-refractivity contribution in [3.8, 4) is 0 Å². The van der Waals surface area contributed by atoms with Gasteiger partial charge in [-0.1, -0.05) is 44.2 Å². The van der Waals surface area contributed by atoms with E-state index in [4.69, 9.17) is 9.05 Å². The van der Waals surface area contributed by atoms with Gasteiger partial charge < -0.3 is 19.3 Å². The standard InChI is InChI=1S/C26H39O6P/c1-17(8-13-25(29)33(30,31-4)32-5)22-11-12-23-19(7-6-14-26(22,23)3)9-10-20-15-21(27)16-24(28)18(20)2/h8-10,13,17,21-24,27-28H,2,6-7,11-12,14-16H2,1,3-5H3/t17-,21-,22-,23?,24+,26-/m1/s1. The highest BCUT2D eigenvalue weighted by atomic mass is 31.2. The molecule has 0 saturated heterocycles. The lowest BCUT2D eigenvalue weighted by molar-refractivity contribution is -0.109. The van der Waals surface area contributed by atoms with Gasteiger partial charge in [0, 0.05) is 20.6 Å². The summed E-state index contributed by atoms with van der Waals surface area (Å²) in [5.74, 6) is 1.04. The molecule has 2 N–H and O–H groups in total. The van der Waals surface area contributed by atoms with Crippen LogP contribution in [-0.2, 0) is 18.4 Å². The molecular weight excluding hydrogens is 439 g/mol. The number of aliphatic hydroxyl groups is 2. The van der Waals surface area contributed by atoms with Gasteiger partial charge >= 0.3 is 7.60 Å². The zero-order chi connectivity index (χ0) is 24.4. The van der Waals surface area contributed by atoms with E-state index in [1.165, 1.54) is 25.9 Å². The molecule has 0 radical (unpaired) electrons. The fraction of sp³-hybridized carbons (Fsp3) is 0.654. The van der Waals surface area contributed by atoms with Crippen molar-refractivity contribution in [1.29, 1.82) is 0 Å². The van der Waals surface area contributed by atoms with Crippen molar-refractivity contribution < 1.29 is 28.6 Å². The summed E-state index contributed by atoms with van der Waals surface area (Å²) in [5, 5.41) is 20.2. The Morgan fingerprint density at radius 1 is 1.24 bits per heavy atom. The summed E-state index contributed by atoms with van der Waals surface area (Å²) in [6, 6.07) is 0. The van der Waals surface area contributed by atoms with Crippen LogP contribution < -0.4 is 0 Å². The third-order valence-corrected chi connectivity index (χ3v) is 9.88. The fourth-order valence-electron chi connectivity index (χ4n) is 6.32. The lowest BCUT2D eigenvalue weighted by Crippen LogP contribution is -2.35. The number of aliphatic hydroxyl groups excluding tert-OH is 2. The van der Waals surface area contributed by atoms with E-state index in [1.54, 1.807) is 0 Å². The second kappa shape index (κ2) is 10.5. The molecule has 3 aliphatic carbocycles. The first-order valence-electron chi connectivity index (χ1n) is 11.9. The third-order valence-electron chi connectivity index (χ3n) is 8.23. The molecule has 6 atom stereocenters. The first-order chi connectivity index (χ1) is 15.6. The number of fused-ring (bicyclic) bond motifs is 1. The molecule has 0 aromatic carbocycles. The molecule has 0 spiro atoms. The van der Waals surface area contributed by atoms with E-state index in [-0.39, 0.29) is 11.3 Å². The maximum Gasteiger partial charge on any atom is 0.400 e. The molecule has 0 aromatic rings. The van der Waals surface area contributed by atoms with Crippen molar-refractivity contribution in [2.75, 3.05) is 14.2 Å². The van der Waals surface area contributed by atoms with Gasteiger partial charge in [-0.15, -0.1) is 0 Å². The van der Waals surface area contributed by atoms with Gasteiger partial charge in [0.2, 0.25) is 0 Å². The Hall–Kier alpha value is -1.30. The second-order valence-electron chi connectivity index (χ2n) is 10.1. The number of hydrogen-bond donors (Lipinski definition) is 2. The first-order valence-corrected chi connectivity index (χ1v) is 13.5. The Labute approximate surface area is 198 Å². The minimum absolute atomic E-state index is 0.129. The predicted molar refractivity (Wildman–Crippen MR) is 130 cm³/mol. The van der Waals surface area contributed by atoms with E-state index < -0.39 is 25.3 Å². The molecule has 3 saturated carbocycles. The highest BCUT2D eigenvalue weighted by molar-refractivity contribution is 7.72. The van der Waals surface area contributed by atoms with Gasteiger partial charge in [0.1, 0.15) is 0 Å². The summed E-state index contributed by atoms with van der Waals surface area (Å²) < 4.78 is 21.9. The van der Waals surface area contributed by atoms with Crippen molar-refractivity contribution in [3.05, 3.63) is 47.6 Å².